The van der Waals surface area contributed by atoms with E-state index in [9.17, 15) is 4.79 Å². The van der Waals surface area contributed by atoms with Crippen LogP contribution in [0.3, 0.4) is 0 Å². The second-order valence-corrected chi connectivity index (χ2v) is 3.21. The minimum Gasteiger partial charge on any atom is -0.479 e. The highest BCUT2D eigenvalue weighted by Crippen LogP contribution is 2.32. The molecule has 2 fully saturated rings. The van der Waals surface area contributed by atoms with Gasteiger partial charge < -0.3 is 15.2 Å². The van der Waals surface area contributed by atoms with Gasteiger partial charge in [0.05, 0.1) is 6.10 Å². The first-order chi connectivity index (χ1) is 5.23. The Balaban J connectivity index is 2.19. The van der Waals surface area contributed by atoms with E-state index in [1.807, 2.05) is 0 Å². The average molecular weight is 157 g/mol. The Labute approximate surface area is 64.5 Å². The van der Waals surface area contributed by atoms with E-state index in [0.717, 1.165) is 13.0 Å². The van der Waals surface area contributed by atoms with Crippen LogP contribution in [0.5, 0.6) is 0 Å². The van der Waals surface area contributed by atoms with Gasteiger partial charge in [0, 0.05) is 13.1 Å². The van der Waals surface area contributed by atoms with Gasteiger partial charge in [-0.15, -0.1) is 0 Å². The quantitative estimate of drug-likeness (QED) is 0.543. The van der Waals surface area contributed by atoms with Crippen LogP contribution in [-0.4, -0.2) is 35.9 Å². The molecule has 11 heavy (non-hydrogen) atoms. The molecule has 2 rings (SSSR count). The summed E-state index contributed by atoms with van der Waals surface area (Å²) < 4.78 is 5.38. The lowest BCUT2D eigenvalue weighted by molar-refractivity contribution is -0.167. The Hall–Kier alpha value is -0.610. The van der Waals surface area contributed by atoms with Crippen LogP contribution in [0.15, 0.2) is 0 Å². The van der Waals surface area contributed by atoms with Crippen LogP contribution in [0.25, 0.3) is 0 Å². The molecule has 62 valence electrons. The number of aliphatic carboxylic acids is 1. The van der Waals surface area contributed by atoms with Crippen molar-refractivity contribution >= 4 is 5.97 Å². The molecular formula is C7H11NO3. The van der Waals surface area contributed by atoms with Crippen molar-refractivity contribution in [3.63, 3.8) is 0 Å². The summed E-state index contributed by atoms with van der Waals surface area (Å²) >= 11 is 0. The summed E-state index contributed by atoms with van der Waals surface area (Å²) in [6.07, 6.45) is 1.65. The molecule has 2 atom stereocenters. The first-order valence-corrected chi connectivity index (χ1v) is 3.85. The van der Waals surface area contributed by atoms with E-state index in [1.54, 1.807) is 0 Å². The molecule has 2 unspecified atom stereocenters. The van der Waals surface area contributed by atoms with Gasteiger partial charge in [-0.3, -0.25) is 0 Å². The molecule has 2 bridgehead atoms. The normalized spacial score (nSPS) is 42.4. The van der Waals surface area contributed by atoms with E-state index in [4.69, 9.17) is 9.84 Å². The Kier molecular flexibility index (Phi) is 1.40. The smallest absolute Gasteiger partial charge is 0.337 e. The number of rotatable bonds is 1. The molecular weight excluding hydrogens is 146 g/mol. The zero-order chi connectivity index (χ0) is 7.90. The van der Waals surface area contributed by atoms with Crippen LogP contribution in [0.2, 0.25) is 0 Å². The molecule has 0 aromatic rings. The van der Waals surface area contributed by atoms with Gasteiger partial charge in [0.25, 0.3) is 0 Å². The minimum absolute atomic E-state index is 0.125. The van der Waals surface area contributed by atoms with Crippen LogP contribution in [0.4, 0.5) is 0 Å². The maximum atomic E-state index is 10.8. The second-order valence-electron chi connectivity index (χ2n) is 3.21. The third kappa shape index (κ3) is 0.937. The zero-order valence-electron chi connectivity index (χ0n) is 6.17. The monoisotopic (exact) mass is 157 g/mol. The van der Waals surface area contributed by atoms with Crippen molar-refractivity contribution in [1.82, 2.24) is 5.32 Å². The van der Waals surface area contributed by atoms with Gasteiger partial charge in [-0.05, 0) is 12.8 Å². The van der Waals surface area contributed by atoms with Crippen LogP contribution in [0.1, 0.15) is 12.8 Å². The highest BCUT2D eigenvalue weighted by molar-refractivity contribution is 5.78. The molecule has 2 saturated heterocycles. The molecule has 0 amide bonds. The fraction of sp³-hybridized carbons (Fsp3) is 0.857. The third-order valence-electron chi connectivity index (χ3n) is 2.43. The number of fused-ring (bicyclic) bond motifs is 2. The number of hydrogen-bond acceptors (Lipinski definition) is 3. The van der Waals surface area contributed by atoms with Crippen molar-refractivity contribution in [2.45, 2.75) is 24.5 Å². The van der Waals surface area contributed by atoms with Gasteiger partial charge in [0.1, 0.15) is 0 Å². The first kappa shape index (κ1) is 7.06. The number of carboxylic acids is 1. The molecule has 2 aliphatic rings. The lowest BCUT2D eigenvalue weighted by Crippen LogP contribution is -2.52. The van der Waals surface area contributed by atoms with E-state index >= 15 is 0 Å². The maximum Gasteiger partial charge on any atom is 0.337 e. The molecule has 0 aromatic carbocycles. The molecule has 0 aromatic heterocycles. The van der Waals surface area contributed by atoms with Crippen molar-refractivity contribution in [1.29, 1.82) is 0 Å². The van der Waals surface area contributed by atoms with Gasteiger partial charge >= 0.3 is 5.97 Å². The van der Waals surface area contributed by atoms with E-state index in [2.05, 4.69) is 5.32 Å². The highest BCUT2D eigenvalue weighted by atomic mass is 16.5. The number of morpholine rings is 1. The zero-order valence-corrected chi connectivity index (χ0v) is 6.17. The third-order valence-corrected chi connectivity index (χ3v) is 2.43. The van der Waals surface area contributed by atoms with Crippen molar-refractivity contribution in [3.8, 4) is 0 Å². The van der Waals surface area contributed by atoms with Crippen LogP contribution in [-0.2, 0) is 9.53 Å². The van der Waals surface area contributed by atoms with Gasteiger partial charge in [0.15, 0.2) is 5.60 Å². The van der Waals surface area contributed by atoms with Gasteiger partial charge in [-0.2, -0.15) is 0 Å². The molecule has 2 aliphatic heterocycles. The summed E-state index contributed by atoms with van der Waals surface area (Å²) in [5, 5.41) is 11.9. The standard InChI is InChI=1S/C7H11NO3/c9-6(10)7-2-1-5(11-7)3-8-4-7/h5,8H,1-4H2,(H,9,10). The second kappa shape index (κ2) is 2.19. The Morgan fingerprint density at radius 1 is 1.73 bits per heavy atom. The number of ether oxygens (including phenoxy) is 1. The fourth-order valence-corrected chi connectivity index (χ4v) is 1.77. The van der Waals surface area contributed by atoms with Gasteiger partial charge in [-0.1, -0.05) is 0 Å². The summed E-state index contributed by atoms with van der Waals surface area (Å²) in [5.74, 6) is -0.827. The van der Waals surface area contributed by atoms with E-state index in [-0.39, 0.29) is 6.10 Å². The van der Waals surface area contributed by atoms with Crippen molar-refractivity contribution in [2.24, 2.45) is 0 Å². The van der Waals surface area contributed by atoms with Crippen molar-refractivity contribution < 1.29 is 14.6 Å². The summed E-state index contributed by atoms with van der Waals surface area (Å²) in [6.45, 7) is 1.26. The summed E-state index contributed by atoms with van der Waals surface area (Å²) in [7, 11) is 0. The number of nitrogens with one attached hydrogen (secondary N) is 1. The number of carboxylic acid groups (broad SMARTS) is 1. The Bertz CT molecular complexity index is 190. The van der Waals surface area contributed by atoms with E-state index in [1.165, 1.54) is 0 Å². The molecule has 0 spiro atoms. The number of hydrogen-bond donors (Lipinski definition) is 2. The van der Waals surface area contributed by atoms with Crippen LogP contribution in [0, 0.1) is 0 Å². The van der Waals surface area contributed by atoms with Crippen molar-refractivity contribution in [2.75, 3.05) is 13.1 Å². The molecule has 0 aliphatic carbocycles. The summed E-state index contributed by atoms with van der Waals surface area (Å²) in [6, 6.07) is 0. The SMILES string of the molecule is O=C(O)C12CCC(CNC1)O2. The lowest BCUT2D eigenvalue weighted by Gasteiger charge is -2.29. The molecule has 4 heteroatoms. The highest BCUT2D eigenvalue weighted by Gasteiger charge is 2.49. The van der Waals surface area contributed by atoms with Gasteiger partial charge in [0.2, 0.25) is 0 Å². The maximum absolute atomic E-state index is 10.8. The lowest BCUT2D eigenvalue weighted by atomic mass is 10.0. The summed E-state index contributed by atoms with van der Waals surface area (Å²) in [4.78, 5) is 10.8. The van der Waals surface area contributed by atoms with Crippen LogP contribution >= 0.6 is 0 Å². The predicted molar refractivity (Wildman–Crippen MR) is 37.3 cm³/mol. The topological polar surface area (TPSA) is 58.6 Å². The predicted octanol–water partition coefficient (Wildman–Crippen LogP) is -0.408. The molecule has 0 radical (unpaired) electrons. The molecule has 4 nitrogen and oxygen atoms in total. The Morgan fingerprint density at radius 2 is 2.55 bits per heavy atom. The summed E-state index contributed by atoms with van der Waals surface area (Å²) in [5.41, 5.74) is -0.900. The van der Waals surface area contributed by atoms with Crippen molar-refractivity contribution in [3.05, 3.63) is 0 Å². The van der Waals surface area contributed by atoms with Crippen LogP contribution < -0.4 is 5.32 Å². The van der Waals surface area contributed by atoms with Gasteiger partial charge in [-0.25, -0.2) is 4.79 Å². The van der Waals surface area contributed by atoms with E-state index < -0.39 is 11.6 Å². The molecule has 0 saturated carbocycles. The first-order valence-electron chi connectivity index (χ1n) is 3.85. The largest absolute Gasteiger partial charge is 0.479 e. The Morgan fingerprint density at radius 3 is 3.18 bits per heavy atom. The average Bonchev–Trinajstić information content (AvgIpc) is 2.29. The molecule has 2 heterocycles. The number of carbonyl (C=O) groups is 1. The molecule has 2 N–H and O–H groups in total. The van der Waals surface area contributed by atoms with E-state index in [0.29, 0.717) is 13.0 Å². The fourth-order valence-electron chi connectivity index (χ4n) is 1.77. The minimum atomic E-state index is -0.900.